The van der Waals surface area contributed by atoms with Crippen LogP contribution in [0.2, 0.25) is 0 Å². The molecule has 0 saturated heterocycles. The van der Waals surface area contributed by atoms with Gasteiger partial charge in [-0.3, -0.25) is 0 Å². The number of aryl methyl sites for hydroxylation is 1. The molecule has 2 atom stereocenters. The van der Waals surface area contributed by atoms with Crippen molar-refractivity contribution in [3.05, 3.63) is 47.6 Å². The molecular weight excluding hydrogens is 282 g/mol. The molecular formula is C16H23N3OS. The van der Waals surface area contributed by atoms with Gasteiger partial charge in [-0.05, 0) is 24.8 Å². The molecule has 0 amide bonds. The molecule has 5 heteroatoms. The topological polar surface area (TPSA) is 64.9 Å². The van der Waals surface area contributed by atoms with Crippen molar-refractivity contribution < 1.29 is 4.52 Å². The van der Waals surface area contributed by atoms with Gasteiger partial charge in [0.2, 0.25) is 5.89 Å². The molecule has 2 N–H and O–H groups in total. The van der Waals surface area contributed by atoms with E-state index in [0.717, 1.165) is 30.8 Å². The third-order valence-electron chi connectivity index (χ3n) is 3.46. The molecule has 0 spiro atoms. The standard InChI is InChI=1S/C16H23N3OS/c1-3-12(2)21-11-15-18-16(20-19-15)14(17)10-9-13-7-5-4-6-8-13/h4-8,12,14H,3,9-11,17H2,1-2H3/t12?,14-/m0/s1. The Morgan fingerprint density at radius 3 is 2.76 bits per heavy atom. The van der Waals surface area contributed by atoms with Gasteiger partial charge >= 0.3 is 0 Å². The molecule has 4 nitrogen and oxygen atoms in total. The zero-order valence-electron chi connectivity index (χ0n) is 12.7. The first kappa shape index (κ1) is 16.0. The summed E-state index contributed by atoms with van der Waals surface area (Å²) < 4.78 is 5.28. The van der Waals surface area contributed by atoms with Gasteiger partial charge in [0.05, 0.1) is 11.8 Å². The predicted octanol–water partition coefficient (Wildman–Crippen LogP) is 3.73. The molecule has 21 heavy (non-hydrogen) atoms. The van der Waals surface area contributed by atoms with Crippen molar-refractivity contribution >= 4 is 11.8 Å². The van der Waals surface area contributed by atoms with Crippen LogP contribution < -0.4 is 5.73 Å². The smallest absolute Gasteiger partial charge is 0.243 e. The summed E-state index contributed by atoms with van der Waals surface area (Å²) in [7, 11) is 0. The summed E-state index contributed by atoms with van der Waals surface area (Å²) in [6.45, 7) is 4.38. The fraction of sp³-hybridized carbons (Fsp3) is 0.500. The number of nitrogens with zero attached hydrogens (tertiary/aromatic N) is 2. The highest BCUT2D eigenvalue weighted by molar-refractivity contribution is 7.99. The van der Waals surface area contributed by atoms with E-state index in [1.165, 1.54) is 5.56 Å². The molecule has 0 fully saturated rings. The van der Waals surface area contributed by atoms with E-state index < -0.39 is 0 Å². The van der Waals surface area contributed by atoms with Gasteiger partial charge in [0.15, 0.2) is 5.82 Å². The Balaban J connectivity index is 1.82. The zero-order chi connectivity index (χ0) is 15.1. The molecule has 2 aromatic rings. The lowest BCUT2D eigenvalue weighted by molar-refractivity contribution is 0.346. The highest BCUT2D eigenvalue weighted by atomic mass is 32.2. The van der Waals surface area contributed by atoms with E-state index in [2.05, 4.69) is 36.1 Å². The fourth-order valence-electron chi connectivity index (χ4n) is 1.90. The van der Waals surface area contributed by atoms with Crippen molar-refractivity contribution in [1.82, 2.24) is 10.1 Å². The van der Waals surface area contributed by atoms with E-state index in [4.69, 9.17) is 10.3 Å². The Hall–Kier alpha value is -1.33. The number of hydrogen-bond acceptors (Lipinski definition) is 5. The van der Waals surface area contributed by atoms with Gasteiger partial charge in [-0.2, -0.15) is 16.7 Å². The first-order valence-electron chi connectivity index (χ1n) is 7.42. The van der Waals surface area contributed by atoms with Gasteiger partial charge < -0.3 is 10.3 Å². The monoisotopic (exact) mass is 305 g/mol. The van der Waals surface area contributed by atoms with Crippen molar-refractivity contribution in [2.75, 3.05) is 0 Å². The van der Waals surface area contributed by atoms with E-state index in [9.17, 15) is 0 Å². The average molecular weight is 305 g/mol. The molecule has 2 rings (SSSR count). The molecule has 0 aliphatic heterocycles. The number of benzene rings is 1. The minimum atomic E-state index is -0.194. The van der Waals surface area contributed by atoms with Crippen molar-refractivity contribution in [1.29, 1.82) is 0 Å². The first-order valence-corrected chi connectivity index (χ1v) is 8.47. The van der Waals surface area contributed by atoms with Crippen molar-refractivity contribution in [3.8, 4) is 0 Å². The van der Waals surface area contributed by atoms with Crippen molar-refractivity contribution in [3.63, 3.8) is 0 Å². The van der Waals surface area contributed by atoms with Crippen LogP contribution in [0.3, 0.4) is 0 Å². The Morgan fingerprint density at radius 1 is 1.29 bits per heavy atom. The second-order valence-electron chi connectivity index (χ2n) is 5.21. The van der Waals surface area contributed by atoms with Gasteiger partial charge in [0.1, 0.15) is 0 Å². The van der Waals surface area contributed by atoms with E-state index >= 15 is 0 Å². The third kappa shape index (κ3) is 5.17. The quantitative estimate of drug-likeness (QED) is 0.805. The predicted molar refractivity (Wildman–Crippen MR) is 87.0 cm³/mol. The zero-order valence-corrected chi connectivity index (χ0v) is 13.5. The van der Waals surface area contributed by atoms with E-state index in [0.29, 0.717) is 11.1 Å². The van der Waals surface area contributed by atoms with Crippen LogP contribution in [0.1, 0.15) is 50.0 Å². The highest BCUT2D eigenvalue weighted by Gasteiger charge is 2.15. The van der Waals surface area contributed by atoms with Crippen LogP contribution in [-0.2, 0) is 12.2 Å². The van der Waals surface area contributed by atoms with Crippen LogP contribution >= 0.6 is 11.8 Å². The fourth-order valence-corrected chi connectivity index (χ4v) is 2.69. The minimum Gasteiger partial charge on any atom is -0.338 e. The van der Waals surface area contributed by atoms with Gasteiger partial charge in [0, 0.05) is 5.25 Å². The SMILES string of the molecule is CCC(C)SCc1noc([C@@H](N)CCc2ccccc2)n1. The maximum absolute atomic E-state index is 6.14. The Morgan fingerprint density at radius 2 is 2.05 bits per heavy atom. The lowest BCUT2D eigenvalue weighted by Gasteiger charge is -2.06. The molecule has 0 saturated carbocycles. The number of aromatic nitrogens is 2. The van der Waals surface area contributed by atoms with Crippen LogP contribution in [0.5, 0.6) is 0 Å². The Bertz CT molecular complexity index is 529. The normalized spacial score (nSPS) is 14.0. The lowest BCUT2D eigenvalue weighted by atomic mass is 10.1. The summed E-state index contributed by atoms with van der Waals surface area (Å²) in [6, 6.07) is 10.1. The Kier molecular flexibility index (Phi) is 6.26. The van der Waals surface area contributed by atoms with E-state index in [-0.39, 0.29) is 6.04 Å². The largest absolute Gasteiger partial charge is 0.338 e. The maximum Gasteiger partial charge on any atom is 0.243 e. The van der Waals surface area contributed by atoms with Crippen LogP contribution in [0, 0.1) is 0 Å². The van der Waals surface area contributed by atoms with Gasteiger partial charge in [-0.15, -0.1) is 0 Å². The number of hydrogen-bond donors (Lipinski definition) is 1. The number of nitrogens with two attached hydrogens (primary N) is 1. The minimum absolute atomic E-state index is 0.194. The molecule has 1 heterocycles. The van der Waals surface area contributed by atoms with Gasteiger partial charge in [-0.1, -0.05) is 49.3 Å². The van der Waals surface area contributed by atoms with Gasteiger partial charge in [0.25, 0.3) is 0 Å². The van der Waals surface area contributed by atoms with Crippen LogP contribution in [0.4, 0.5) is 0 Å². The summed E-state index contributed by atoms with van der Waals surface area (Å²) in [5.74, 6) is 2.07. The molecule has 1 unspecified atom stereocenters. The molecule has 0 bridgehead atoms. The summed E-state index contributed by atoms with van der Waals surface area (Å²) in [6.07, 6.45) is 2.87. The maximum atomic E-state index is 6.14. The second-order valence-corrected chi connectivity index (χ2v) is 6.64. The summed E-state index contributed by atoms with van der Waals surface area (Å²) in [5.41, 5.74) is 7.41. The summed E-state index contributed by atoms with van der Waals surface area (Å²) in [4.78, 5) is 4.41. The molecule has 1 aromatic carbocycles. The van der Waals surface area contributed by atoms with E-state index in [1.807, 2.05) is 30.0 Å². The molecule has 0 aliphatic carbocycles. The van der Waals surface area contributed by atoms with Gasteiger partial charge in [-0.25, -0.2) is 0 Å². The lowest BCUT2D eigenvalue weighted by Crippen LogP contribution is -2.12. The van der Waals surface area contributed by atoms with Crippen LogP contribution in [0.15, 0.2) is 34.9 Å². The highest BCUT2D eigenvalue weighted by Crippen LogP contribution is 2.20. The van der Waals surface area contributed by atoms with Crippen LogP contribution in [0.25, 0.3) is 0 Å². The van der Waals surface area contributed by atoms with Crippen molar-refractivity contribution in [2.45, 2.75) is 50.2 Å². The average Bonchev–Trinajstić information content (AvgIpc) is 3.00. The molecule has 114 valence electrons. The number of thioether (sulfide) groups is 1. The summed E-state index contributed by atoms with van der Waals surface area (Å²) in [5, 5.41) is 4.62. The first-order chi connectivity index (χ1) is 10.2. The third-order valence-corrected chi connectivity index (χ3v) is 4.79. The molecule has 0 radical (unpaired) electrons. The van der Waals surface area contributed by atoms with E-state index in [1.54, 1.807) is 0 Å². The molecule has 1 aromatic heterocycles. The Labute approximate surface area is 130 Å². The molecule has 0 aliphatic rings. The summed E-state index contributed by atoms with van der Waals surface area (Å²) >= 11 is 1.84. The second kappa shape index (κ2) is 8.20. The van der Waals surface area contributed by atoms with Crippen molar-refractivity contribution in [2.24, 2.45) is 5.73 Å². The number of rotatable bonds is 8. The van der Waals surface area contributed by atoms with Crippen LogP contribution in [-0.4, -0.2) is 15.4 Å².